The largest absolute Gasteiger partial charge is 0.350 e. The topological polar surface area (TPSA) is 72.2 Å². The number of nitrogens with one attached hydrogen (secondary N) is 1. The van der Waals surface area contributed by atoms with E-state index in [-0.39, 0.29) is 28.0 Å². The highest BCUT2D eigenvalue weighted by molar-refractivity contribution is 6.35. The Balaban J connectivity index is 1.92. The van der Waals surface area contributed by atoms with Gasteiger partial charge in [0, 0.05) is 23.4 Å². The van der Waals surface area contributed by atoms with Gasteiger partial charge in [-0.2, -0.15) is 0 Å². The molecule has 0 unspecified atom stereocenters. The van der Waals surface area contributed by atoms with Gasteiger partial charge in [0.2, 0.25) is 0 Å². The van der Waals surface area contributed by atoms with Crippen molar-refractivity contribution >= 4 is 34.4 Å². The standard InChI is InChI=1S/C19H10ClF3N2O3/c20-13-7-10(24-17-3-1-2-4-18(17)25(27)28)5-6-11(13)19(26)12-8-15(22)16(23)9-14(12)21/h1-9,24H. The monoisotopic (exact) mass is 406 g/mol. The van der Waals surface area contributed by atoms with Gasteiger partial charge in [-0.3, -0.25) is 14.9 Å². The summed E-state index contributed by atoms with van der Waals surface area (Å²) in [5.41, 5.74) is -0.432. The van der Waals surface area contributed by atoms with Crippen LogP contribution in [0, 0.1) is 27.6 Å². The number of carbonyl (C=O) groups excluding carboxylic acids is 1. The molecule has 0 bridgehead atoms. The molecule has 0 saturated carbocycles. The number of ketones is 1. The molecule has 0 aliphatic carbocycles. The number of hydrogen-bond donors (Lipinski definition) is 1. The number of carbonyl (C=O) groups is 1. The Kier molecular flexibility index (Phi) is 5.32. The number of halogens is 4. The number of rotatable bonds is 5. The maximum absolute atomic E-state index is 13.8. The van der Waals surface area contributed by atoms with Gasteiger partial charge in [-0.15, -0.1) is 0 Å². The van der Waals surface area contributed by atoms with E-state index in [4.69, 9.17) is 11.6 Å². The molecule has 0 aromatic heterocycles. The van der Waals surface area contributed by atoms with Crippen molar-refractivity contribution in [3.63, 3.8) is 0 Å². The molecule has 0 aliphatic heterocycles. The number of nitro benzene ring substituents is 1. The zero-order valence-corrected chi connectivity index (χ0v) is 14.6. The normalized spacial score (nSPS) is 10.6. The van der Waals surface area contributed by atoms with Gasteiger partial charge in [-0.05, 0) is 30.3 Å². The summed E-state index contributed by atoms with van der Waals surface area (Å²) in [6.07, 6.45) is 0. The summed E-state index contributed by atoms with van der Waals surface area (Å²) in [6, 6.07) is 10.6. The van der Waals surface area contributed by atoms with E-state index in [0.29, 0.717) is 11.8 Å². The zero-order chi connectivity index (χ0) is 20.4. The zero-order valence-electron chi connectivity index (χ0n) is 13.9. The SMILES string of the molecule is O=C(c1cc(F)c(F)cc1F)c1ccc(Nc2ccccc2[N+](=O)[O-])cc1Cl. The van der Waals surface area contributed by atoms with Crippen LogP contribution in [0.25, 0.3) is 0 Å². The van der Waals surface area contributed by atoms with Crippen LogP contribution < -0.4 is 5.32 Å². The number of benzene rings is 3. The van der Waals surface area contributed by atoms with Gasteiger partial charge in [0.25, 0.3) is 5.69 Å². The van der Waals surface area contributed by atoms with Crippen LogP contribution in [0.3, 0.4) is 0 Å². The summed E-state index contributed by atoms with van der Waals surface area (Å²) in [5.74, 6) is -4.93. The van der Waals surface area contributed by atoms with E-state index in [0.717, 1.165) is 0 Å². The lowest BCUT2D eigenvalue weighted by Gasteiger charge is -2.10. The van der Waals surface area contributed by atoms with E-state index >= 15 is 0 Å². The molecule has 0 amide bonds. The average molecular weight is 407 g/mol. The lowest BCUT2D eigenvalue weighted by molar-refractivity contribution is -0.383. The Morgan fingerprint density at radius 1 is 0.929 bits per heavy atom. The second kappa shape index (κ2) is 7.69. The third-order valence-corrected chi connectivity index (χ3v) is 4.16. The van der Waals surface area contributed by atoms with Crippen molar-refractivity contribution in [2.75, 3.05) is 5.32 Å². The van der Waals surface area contributed by atoms with Crippen molar-refractivity contribution in [1.29, 1.82) is 0 Å². The summed E-state index contributed by atoms with van der Waals surface area (Å²) >= 11 is 6.08. The summed E-state index contributed by atoms with van der Waals surface area (Å²) in [5, 5.41) is 13.8. The first-order chi connectivity index (χ1) is 13.3. The number of nitrogens with zero attached hydrogens (tertiary/aromatic N) is 1. The van der Waals surface area contributed by atoms with Crippen LogP contribution in [0.4, 0.5) is 30.2 Å². The van der Waals surface area contributed by atoms with E-state index in [1.807, 2.05) is 0 Å². The van der Waals surface area contributed by atoms with Crippen molar-refractivity contribution in [3.05, 3.63) is 98.3 Å². The summed E-state index contributed by atoms with van der Waals surface area (Å²) in [6.45, 7) is 0. The molecule has 0 aliphatic rings. The summed E-state index contributed by atoms with van der Waals surface area (Å²) < 4.78 is 40.2. The maximum Gasteiger partial charge on any atom is 0.292 e. The van der Waals surface area contributed by atoms with E-state index in [1.54, 1.807) is 6.07 Å². The molecule has 0 saturated heterocycles. The first-order valence-electron chi connectivity index (χ1n) is 7.77. The van der Waals surface area contributed by atoms with Crippen LogP contribution in [0.1, 0.15) is 15.9 Å². The number of para-hydroxylation sites is 2. The Hall–Kier alpha value is -3.39. The third kappa shape index (κ3) is 3.81. The van der Waals surface area contributed by atoms with E-state index in [2.05, 4.69) is 5.32 Å². The van der Waals surface area contributed by atoms with Crippen LogP contribution in [0.5, 0.6) is 0 Å². The molecule has 9 heteroatoms. The van der Waals surface area contributed by atoms with Crippen LogP contribution in [0.15, 0.2) is 54.6 Å². The number of hydrogen-bond acceptors (Lipinski definition) is 4. The predicted octanol–water partition coefficient (Wildman–Crippen LogP) is 5.64. The molecular formula is C19H10ClF3N2O3. The van der Waals surface area contributed by atoms with Gasteiger partial charge in [-0.25, -0.2) is 13.2 Å². The number of nitro groups is 1. The van der Waals surface area contributed by atoms with Gasteiger partial charge >= 0.3 is 0 Å². The van der Waals surface area contributed by atoms with Crippen LogP contribution in [-0.4, -0.2) is 10.7 Å². The van der Waals surface area contributed by atoms with Crippen LogP contribution >= 0.6 is 11.6 Å². The van der Waals surface area contributed by atoms with Gasteiger partial charge < -0.3 is 5.32 Å². The van der Waals surface area contributed by atoms with Gasteiger partial charge in [0.15, 0.2) is 17.4 Å². The first-order valence-corrected chi connectivity index (χ1v) is 8.15. The quantitative estimate of drug-likeness (QED) is 0.257. The smallest absolute Gasteiger partial charge is 0.292 e. The molecule has 5 nitrogen and oxygen atoms in total. The fourth-order valence-electron chi connectivity index (χ4n) is 2.51. The fraction of sp³-hybridized carbons (Fsp3) is 0. The number of anilines is 2. The fourth-order valence-corrected chi connectivity index (χ4v) is 2.78. The third-order valence-electron chi connectivity index (χ3n) is 3.85. The second-order valence-corrected chi connectivity index (χ2v) is 6.08. The van der Waals surface area contributed by atoms with Crippen molar-refractivity contribution in [1.82, 2.24) is 0 Å². The lowest BCUT2D eigenvalue weighted by Crippen LogP contribution is -2.07. The minimum atomic E-state index is -1.41. The molecule has 3 aromatic carbocycles. The van der Waals surface area contributed by atoms with Crippen LogP contribution in [0.2, 0.25) is 5.02 Å². The van der Waals surface area contributed by atoms with Crippen molar-refractivity contribution in [2.45, 2.75) is 0 Å². The molecule has 0 atom stereocenters. The van der Waals surface area contributed by atoms with Gasteiger partial charge in [0.05, 0.1) is 15.5 Å². The van der Waals surface area contributed by atoms with E-state index < -0.39 is 33.7 Å². The molecule has 142 valence electrons. The molecule has 0 heterocycles. The molecule has 28 heavy (non-hydrogen) atoms. The molecule has 3 aromatic rings. The highest BCUT2D eigenvalue weighted by Crippen LogP contribution is 2.30. The molecule has 3 rings (SSSR count). The Morgan fingerprint density at radius 3 is 2.29 bits per heavy atom. The summed E-state index contributed by atoms with van der Waals surface area (Å²) in [7, 11) is 0. The minimum absolute atomic E-state index is 0.0993. The lowest BCUT2D eigenvalue weighted by atomic mass is 10.0. The van der Waals surface area contributed by atoms with E-state index in [9.17, 15) is 28.1 Å². The molecular weight excluding hydrogens is 397 g/mol. The maximum atomic E-state index is 13.8. The first kappa shape index (κ1) is 19.4. The Morgan fingerprint density at radius 2 is 1.61 bits per heavy atom. The molecule has 1 N–H and O–H groups in total. The molecule has 0 fully saturated rings. The molecule has 0 radical (unpaired) electrons. The van der Waals surface area contributed by atoms with Gasteiger partial charge in [-0.1, -0.05) is 23.7 Å². The van der Waals surface area contributed by atoms with Gasteiger partial charge in [0.1, 0.15) is 11.5 Å². The van der Waals surface area contributed by atoms with E-state index in [1.165, 1.54) is 36.4 Å². The average Bonchev–Trinajstić information content (AvgIpc) is 2.64. The summed E-state index contributed by atoms with van der Waals surface area (Å²) in [4.78, 5) is 22.9. The minimum Gasteiger partial charge on any atom is -0.350 e. The highest BCUT2D eigenvalue weighted by Gasteiger charge is 2.20. The van der Waals surface area contributed by atoms with Crippen molar-refractivity contribution in [2.24, 2.45) is 0 Å². The van der Waals surface area contributed by atoms with Crippen molar-refractivity contribution in [3.8, 4) is 0 Å². The molecule has 0 spiro atoms. The predicted molar refractivity (Wildman–Crippen MR) is 97.6 cm³/mol. The second-order valence-electron chi connectivity index (χ2n) is 5.67. The van der Waals surface area contributed by atoms with Crippen molar-refractivity contribution < 1.29 is 22.9 Å². The highest BCUT2D eigenvalue weighted by atomic mass is 35.5. The Bertz CT molecular complexity index is 1110. The van der Waals surface area contributed by atoms with Crippen LogP contribution in [-0.2, 0) is 0 Å². The Labute approximate surface area is 161 Å².